The lowest BCUT2D eigenvalue weighted by Gasteiger charge is -2.21. The number of rotatable bonds is 7. The quantitative estimate of drug-likeness (QED) is 0.838. The summed E-state index contributed by atoms with van der Waals surface area (Å²) in [4.78, 5) is 18.0. The van der Waals surface area contributed by atoms with Gasteiger partial charge in [-0.05, 0) is 25.3 Å². The molecule has 1 aromatic rings. The van der Waals surface area contributed by atoms with Crippen LogP contribution in [0.2, 0.25) is 0 Å². The molecule has 0 spiro atoms. The van der Waals surface area contributed by atoms with Crippen LogP contribution < -0.4 is 5.32 Å². The Hall–Kier alpha value is -2.16. The average molecular weight is 290 g/mol. The van der Waals surface area contributed by atoms with Gasteiger partial charge in [0.05, 0.1) is 18.1 Å². The first-order valence-electron chi connectivity index (χ1n) is 7.25. The Morgan fingerprint density at radius 2 is 2.38 bits per heavy atom. The van der Waals surface area contributed by atoms with E-state index in [9.17, 15) is 9.18 Å². The second kappa shape index (κ2) is 7.02. The van der Waals surface area contributed by atoms with E-state index in [-0.39, 0.29) is 29.8 Å². The summed E-state index contributed by atoms with van der Waals surface area (Å²) < 4.78 is 14.4. The summed E-state index contributed by atoms with van der Waals surface area (Å²) in [5.41, 5.74) is 0.0217. The van der Waals surface area contributed by atoms with Gasteiger partial charge in [-0.15, -0.1) is 0 Å². The second-order valence-electron chi connectivity index (χ2n) is 5.09. The zero-order valence-electron chi connectivity index (χ0n) is 12.1. The molecule has 0 unspecified atom stereocenters. The van der Waals surface area contributed by atoms with Crippen molar-refractivity contribution >= 4 is 11.7 Å². The SMILES string of the molecule is CCCNc1nccc(C(=O)N(CCC#N)C2CC2)c1F. The summed E-state index contributed by atoms with van der Waals surface area (Å²) in [6.07, 6.45) is 4.38. The maximum Gasteiger partial charge on any atom is 0.257 e. The number of nitrogens with one attached hydrogen (secondary N) is 1. The molecular formula is C15H19FN4O. The monoisotopic (exact) mass is 290 g/mol. The highest BCUT2D eigenvalue weighted by Crippen LogP contribution is 2.29. The van der Waals surface area contributed by atoms with E-state index in [1.165, 1.54) is 12.3 Å². The number of pyridine rings is 1. The predicted octanol–water partition coefficient (Wildman–Crippen LogP) is 2.56. The molecule has 6 heteroatoms. The van der Waals surface area contributed by atoms with Crippen molar-refractivity contribution in [1.29, 1.82) is 5.26 Å². The molecule has 112 valence electrons. The molecule has 5 nitrogen and oxygen atoms in total. The smallest absolute Gasteiger partial charge is 0.257 e. The predicted molar refractivity (Wildman–Crippen MR) is 77.3 cm³/mol. The van der Waals surface area contributed by atoms with Gasteiger partial charge in [-0.1, -0.05) is 6.92 Å². The first kappa shape index (κ1) is 15.2. The van der Waals surface area contributed by atoms with Crippen LogP contribution in [0.1, 0.15) is 43.0 Å². The van der Waals surface area contributed by atoms with Crippen molar-refractivity contribution in [2.75, 3.05) is 18.4 Å². The standard InChI is InChI=1S/C15H19FN4O/c1-2-8-18-14-13(16)12(6-9-19-14)15(21)20(10-3-7-17)11-4-5-11/h6,9,11H,2-5,8,10H2,1H3,(H,18,19). The van der Waals surface area contributed by atoms with E-state index in [1.807, 2.05) is 13.0 Å². The lowest BCUT2D eigenvalue weighted by molar-refractivity contribution is 0.0742. The van der Waals surface area contributed by atoms with Crippen molar-refractivity contribution < 1.29 is 9.18 Å². The van der Waals surface area contributed by atoms with E-state index >= 15 is 0 Å². The van der Waals surface area contributed by atoms with Crippen molar-refractivity contribution in [3.05, 3.63) is 23.6 Å². The van der Waals surface area contributed by atoms with Crippen molar-refractivity contribution in [3.63, 3.8) is 0 Å². The summed E-state index contributed by atoms with van der Waals surface area (Å²) in [5, 5.41) is 11.6. The maximum absolute atomic E-state index is 14.4. The fraction of sp³-hybridized carbons (Fsp3) is 0.533. The molecule has 1 aromatic heterocycles. The van der Waals surface area contributed by atoms with Gasteiger partial charge < -0.3 is 10.2 Å². The Morgan fingerprint density at radius 3 is 3.00 bits per heavy atom. The molecular weight excluding hydrogens is 271 g/mol. The van der Waals surface area contributed by atoms with Gasteiger partial charge >= 0.3 is 0 Å². The van der Waals surface area contributed by atoms with Crippen LogP contribution in [-0.4, -0.2) is 34.9 Å². The van der Waals surface area contributed by atoms with E-state index in [2.05, 4.69) is 10.3 Å². The molecule has 0 atom stereocenters. The number of nitrogens with zero attached hydrogens (tertiary/aromatic N) is 3. The minimum Gasteiger partial charge on any atom is -0.368 e. The fourth-order valence-corrected chi connectivity index (χ4v) is 2.14. The number of nitriles is 1. The number of hydrogen-bond donors (Lipinski definition) is 1. The van der Waals surface area contributed by atoms with E-state index in [1.54, 1.807) is 4.90 Å². The Kier molecular flexibility index (Phi) is 5.09. The first-order valence-corrected chi connectivity index (χ1v) is 7.25. The van der Waals surface area contributed by atoms with E-state index in [0.717, 1.165) is 19.3 Å². The Morgan fingerprint density at radius 1 is 1.62 bits per heavy atom. The number of carbonyl (C=O) groups excluding carboxylic acids is 1. The molecule has 0 saturated heterocycles. The maximum atomic E-state index is 14.4. The molecule has 1 aliphatic carbocycles. The van der Waals surface area contributed by atoms with Gasteiger partial charge in [0.1, 0.15) is 0 Å². The van der Waals surface area contributed by atoms with E-state index < -0.39 is 5.82 Å². The van der Waals surface area contributed by atoms with Crippen LogP contribution in [0.3, 0.4) is 0 Å². The van der Waals surface area contributed by atoms with Crippen LogP contribution in [0.25, 0.3) is 0 Å². The van der Waals surface area contributed by atoms with Crippen molar-refractivity contribution in [1.82, 2.24) is 9.88 Å². The largest absolute Gasteiger partial charge is 0.368 e. The molecule has 0 aliphatic heterocycles. The third-order valence-corrected chi connectivity index (χ3v) is 3.38. The number of anilines is 1. The van der Waals surface area contributed by atoms with Gasteiger partial charge in [-0.3, -0.25) is 4.79 Å². The van der Waals surface area contributed by atoms with E-state index in [4.69, 9.17) is 5.26 Å². The van der Waals surface area contributed by atoms with Crippen molar-refractivity contribution in [2.24, 2.45) is 0 Å². The Labute approximate surface area is 123 Å². The van der Waals surface area contributed by atoms with Crippen LogP contribution in [0.15, 0.2) is 12.3 Å². The number of aromatic nitrogens is 1. The summed E-state index contributed by atoms with van der Waals surface area (Å²) in [6, 6.07) is 3.57. The molecule has 1 fully saturated rings. The number of amides is 1. The van der Waals surface area contributed by atoms with Gasteiger partial charge in [-0.2, -0.15) is 5.26 Å². The topological polar surface area (TPSA) is 69.0 Å². The van der Waals surface area contributed by atoms with Crippen LogP contribution in [-0.2, 0) is 0 Å². The zero-order valence-corrected chi connectivity index (χ0v) is 12.1. The molecule has 1 aliphatic rings. The fourth-order valence-electron chi connectivity index (χ4n) is 2.14. The second-order valence-corrected chi connectivity index (χ2v) is 5.09. The molecule has 1 amide bonds. The van der Waals surface area contributed by atoms with Gasteiger partial charge in [0.2, 0.25) is 0 Å². The van der Waals surface area contributed by atoms with Crippen LogP contribution in [0.5, 0.6) is 0 Å². The molecule has 1 saturated carbocycles. The summed E-state index contributed by atoms with van der Waals surface area (Å²) in [5.74, 6) is -0.857. The number of hydrogen-bond acceptors (Lipinski definition) is 4. The van der Waals surface area contributed by atoms with Gasteiger partial charge in [0, 0.05) is 25.3 Å². The minimum absolute atomic E-state index is 0.0217. The van der Waals surface area contributed by atoms with Crippen LogP contribution in [0, 0.1) is 17.1 Å². The zero-order chi connectivity index (χ0) is 15.2. The third-order valence-electron chi connectivity index (χ3n) is 3.38. The Bertz CT molecular complexity index is 551. The van der Waals surface area contributed by atoms with Crippen molar-refractivity contribution in [3.8, 4) is 6.07 Å². The van der Waals surface area contributed by atoms with Crippen molar-refractivity contribution in [2.45, 2.75) is 38.6 Å². The van der Waals surface area contributed by atoms with E-state index in [0.29, 0.717) is 13.1 Å². The highest BCUT2D eigenvalue weighted by molar-refractivity contribution is 5.95. The molecule has 2 rings (SSSR count). The molecule has 0 radical (unpaired) electrons. The van der Waals surface area contributed by atoms with Gasteiger partial charge in [-0.25, -0.2) is 9.37 Å². The van der Waals surface area contributed by atoms with Crippen LogP contribution >= 0.6 is 0 Å². The lowest BCUT2D eigenvalue weighted by atomic mass is 10.2. The summed E-state index contributed by atoms with van der Waals surface area (Å²) in [7, 11) is 0. The highest BCUT2D eigenvalue weighted by Gasteiger charge is 2.34. The average Bonchev–Trinajstić information content (AvgIpc) is 3.31. The molecule has 1 heterocycles. The lowest BCUT2D eigenvalue weighted by Crippen LogP contribution is -2.34. The van der Waals surface area contributed by atoms with Gasteiger partial charge in [0.25, 0.3) is 5.91 Å². The molecule has 1 N–H and O–H groups in total. The molecule has 0 bridgehead atoms. The third kappa shape index (κ3) is 3.69. The summed E-state index contributed by atoms with van der Waals surface area (Å²) in [6.45, 7) is 2.92. The highest BCUT2D eigenvalue weighted by atomic mass is 19.1. The van der Waals surface area contributed by atoms with Crippen LogP contribution in [0.4, 0.5) is 10.2 Å². The normalized spacial score (nSPS) is 13.6. The molecule has 0 aromatic carbocycles. The number of carbonyl (C=O) groups is 1. The Balaban J connectivity index is 2.19. The summed E-state index contributed by atoms with van der Waals surface area (Å²) >= 11 is 0. The van der Waals surface area contributed by atoms with Gasteiger partial charge in [0.15, 0.2) is 11.6 Å². The molecule has 21 heavy (non-hydrogen) atoms. The minimum atomic E-state index is -0.612. The number of halogens is 1. The first-order chi connectivity index (χ1) is 10.2.